The lowest BCUT2D eigenvalue weighted by molar-refractivity contribution is -0.130. The molecule has 1 unspecified atom stereocenters. The number of nitrogens with zero attached hydrogens (tertiary/aromatic N) is 3. The van der Waals surface area contributed by atoms with Gasteiger partial charge in [0.1, 0.15) is 0 Å². The number of aromatic nitrogens is 2. The van der Waals surface area contributed by atoms with Crippen LogP contribution in [0.25, 0.3) is 0 Å². The number of piperidine rings is 1. The molecule has 6 nitrogen and oxygen atoms in total. The number of aromatic amines is 1. The minimum absolute atomic E-state index is 0.0332. The van der Waals surface area contributed by atoms with Gasteiger partial charge in [-0.3, -0.25) is 9.36 Å². The number of hydrogen-bond donors (Lipinski definition) is 1. The summed E-state index contributed by atoms with van der Waals surface area (Å²) in [6, 6.07) is 0.406. The van der Waals surface area contributed by atoms with Crippen molar-refractivity contribution in [3.63, 3.8) is 0 Å². The molecular formula is C15H24N4O2. The Labute approximate surface area is 124 Å². The van der Waals surface area contributed by atoms with Crippen molar-refractivity contribution < 1.29 is 4.79 Å². The SMILES string of the molecule is O=C1CCCN1C1CCCN(CCCn2cc[nH]c2=O)C1. The predicted molar refractivity (Wildman–Crippen MR) is 80.1 cm³/mol. The standard InChI is InChI=1S/C15H24N4O2/c20-14-5-2-10-19(14)13-4-1-7-17(12-13)8-3-9-18-11-6-16-15(18)21/h6,11,13H,1-5,7-10,12H2,(H,16,21). The molecule has 2 aliphatic heterocycles. The highest BCUT2D eigenvalue weighted by Gasteiger charge is 2.30. The number of likely N-dealkylation sites (tertiary alicyclic amines) is 2. The van der Waals surface area contributed by atoms with Gasteiger partial charge in [-0.05, 0) is 38.8 Å². The molecule has 116 valence electrons. The van der Waals surface area contributed by atoms with Gasteiger partial charge in [0.05, 0.1) is 0 Å². The molecule has 0 radical (unpaired) electrons. The first-order chi connectivity index (χ1) is 10.2. The number of rotatable bonds is 5. The van der Waals surface area contributed by atoms with Crippen LogP contribution in [0.4, 0.5) is 0 Å². The van der Waals surface area contributed by atoms with E-state index in [2.05, 4.69) is 14.8 Å². The number of hydrogen-bond acceptors (Lipinski definition) is 3. The molecule has 1 aromatic heterocycles. The predicted octanol–water partition coefficient (Wildman–Crippen LogP) is 0.653. The molecule has 1 amide bonds. The maximum atomic E-state index is 11.9. The number of H-pyrrole nitrogens is 1. The van der Waals surface area contributed by atoms with Crippen LogP contribution in [-0.4, -0.2) is 57.5 Å². The molecule has 2 saturated heterocycles. The van der Waals surface area contributed by atoms with Crippen LogP contribution in [0, 0.1) is 0 Å². The van der Waals surface area contributed by atoms with Crippen molar-refractivity contribution in [1.82, 2.24) is 19.4 Å². The van der Waals surface area contributed by atoms with Crippen LogP contribution in [0.5, 0.6) is 0 Å². The lowest BCUT2D eigenvalue weighted by Gasteiger charge is -2.37. The van der Waals surface area contributed by atoms with Gasteiger partial charge < -0.3 is 14.8 Å². The largest absolute Gasteiger partial charge is 0.338 e. The monoisotopic (exact) mass is 292 g/mol. The summed E-state index contributed by atoms with van der Waals surface area (Å²) in [5, 5.41) is 0. The van der Waals surface area contributed by atoms with E-state index >= 15 is 0 Å². The Bertz CT molecular complexity index is 536. The normalized spacial score (nSPS) is 23.9. The average Bonchev–Trinajstić information content (AvgIpc) is 3.08. The summed E-state index contributed by atoms with van der Waals surface area (Å²) in [6.45, 7) is 4.80. The Morgan fingerprint density at radius 3 is 2.81 bits per heavy atom. The molecular weight excluding hydrogens is 268 g/mol. The second-order valence-corrected chi connectivity index (χ2v) is 6.10. The third kappa shape index (κ3) is 3.37. The van der Waals surface area contributed by atoms with Crippen molar-refractivity contribution in [2.75, 3.05) is 26.2 Å². The minimum Gasteiger partial charge on any atom is -0.338 e. The molecule has 2 aliphatic rings. The van der Waals surface area contributed by atoms with Crippen LogP contribution in [0.15, 0.2) is 17.2 Å². The number of carbonyl (C=O) groups is 1. The number of nitrogens with one attached hydrogen (secondary N) is 1. The maximum Gasteiger partial charge on any atom is 0.325 e. The van der Waals surface area contributed by atoms with E-state index in [0.29, 0.717) is 11.9 Å². The number of amides is 1. The molecule has 2 fully saturated rings. The van der Waals surface area contributed by atoms with Crippen LogP contribution < -0.4 is 5.69 Å². The van der Waals surface area contributed by atoms with Crippen LogP contribution in [-0.2, 0) is 11.3 Å². The molecule has 3 heterocycles. The molecule has 0 spiro atoms. The van der Waals surface area contributed by atoms with Gasteiger partial charge >= 0.3 is 5.69 Å². The smallest absolute Gasteiger partial charge is 0.325 e. The molecule has 3 rings (SSSR count). The summed E-state index contributed by atoms with van der Waals surface area (Å²) >= 11 is 0. The second kappa shape index (κ2) is 6.47. The summed E-state index contributed by atoms with van der Waals surface area (Å²) in [6.07, 6.45) is 8.50. The van der Waals surface area contributed by atoms with Gasteiger partial charge in [0.15, 0.2) is 0 Å². The molecule has 1 N–H and O–H groups in total. The summed E-state index contributed by atoms with van der Waals surface area (Å²) in [5.41, 5.74) is -0.0332. The Morgan fingerprint density at radius 2 is 2.10 bits per heavy atom. The summed E-state index contributed by atoms with van der Waals surface area (Å²) in [4.78, 5) is 30.4. The lowest BCUT2D eigenvalue weighted by Crippen LogP contribution is -2.48. The van der Waals surface area contributed by atoms with Gasteiger partial charge in [0.25, 0.3) is 0 Å². The Balaban J connectivity index is 1.46. The quantitative estimate of drug-likeness (QED) is 0.867. The molecule has 21 heavy (non-hydrogen) atoms. The van der Waals surface area contributed by atoms with Crippen molar-refractivity contribution in [1.29, 1.82) is 0 Å². The zero-order chi connectivity index (χ0) is 14.7. The number of aryl methyl sites for hydroxylation is 1. The fourth-order valence-corrected chi connectivity index (χ4v) is 3.53. The molecule has 0 saturated carbocycles. The van der Waals surface area contributed by atoms with Crippen molar-refractivity contribution in [2.45, 2.75) is 44.7 Å². The third-order valence-electron chi connectivity index (χ3n) is 4.63. The number of carbonyl (C=O) groups excluding carboxylic acids is 1. The van der Waals surface area contributed by atoms with E-state index in [1.165, 1.54) is 6.42 Å². The van der Waals surface area contributed by atoms with Gasteiger partial charge in [-0.2, -0.15) is 0 Å². The summed E-state index contributed by atoms with van der Waals surface area (Å²) < 4.78 is 1.71. The van der Waals surface area contributed by atoms with Crippen molar-refractivity contribution >= 4 is 5.91 Å². The van der Waals surface area contributed by atoms with Gasteiger partial charge in [0.2, 0.25) is 5.91 Å². The van der Waals surface area contributed by atoms with Crippen LogP contribution in [0.3, 0.4) is 0 Å². The molecule has 0 bridgehead atoms. The van der Waals surface area contributed by atoms with Crippen LogP contribution >= 0.6 is 0 Å². The van der Waals surface area contributed by atoms with E-state index in [-0.39, 0.29) is 5.69 Å². The first-order valence-corrected chi connectivity index (χ1v) is 8.00. The van der Waals surface area contributed by atoms with E-state index < -0.39 is 0 Å². The third-order valence-corrected chi connectivity index (χ3v) is 4.63. The molecule has 0 aliphatic carbocycles. The van der Waals surface area contributed by atoms with Crippen molar-refractivity contribution in [2.24, 2.45) is 0 Å². The molecule has 1 aromatic rings. The average molecular weight is 292 g/mol. The second-order valence-electron chi connectivity index (χ2n) is 6.10. The van der Waals surface area contributed by atoms with Crippen LogP contribution in [0.2, 0.25) is 0 Å². The minimum atomic E-state index is -0.0332. The van der Waals surface area contributed by atoms with Gasteiger partial charge in [-0.15, -0.1) is 0 Å². The Kier molecular flexibility index (Phi) is 4.43. The van der Waals surface area contributed by atoms with E-state index in [0.717, 1.165) is 58.4 Å². The summed E-state index contributed by atoms with van der Waals surface area (Å²) in [5.74, 6) is 0.334. The highest BCUT2D eigenvalue weighted by molar-refractivity contribution is 5.78. The fourth-order valence-electron chi connectivity index (χ4n) is 3.53. The first kappa shape index (κ1) is 14.4. The number of imidazole rings is 1. The lowest BCUT2D eigenvalue weighted by atomic mass is 10.0. The summed E-state index contributed by atoms with van der Waals surface area (Å²) in [7, 11) is 0. The zero-order valence-corrected chi connectivity index (χ0v) is 12.5. The zero-order valence-electron chi connectivity index (χ0n) is 12.5. The maximum absolute atomic E-state index is 11.9. The Morgan fingerprint density at radius 1 is 1.19 bits per heavy atom. The van der Waals surface area contributed by atoms with Crippen molar-refractivity contribution in [3.05, 3.63) is 22.9 Å². The highest BCUT2D eigenvalue weighted by atomic mass is 16.2. The molecule has 1 atom stereocenters. The van der Waals surface area contributed by atoms with Gasteiger partial charge in [-0.1, -0.05) is 0 Å². The van der Waals surface area contributed by atoms with Crippen LogP contribution in [0.1, 0.15) is 32.1 Å². The van der Waals surface area contributed by atoms with Crippen molar-refractivity contribution in [3.8, 4) is 0 Å². The molecule has 6 heteroatoms. The topological polar surface area (TPSA) is 61.3 Å². The highest BCUT2D eigenvalue weighted by Crippen LogP contribution is 2.21. The van der Waals surface area contributed by atoms with Gasteiger partial charge in [0, 0.05) is 44.5 Å². The van der Waals surface area contributed by atoms with E-state index in [9.17, 15) is 9.59 Å². The van der Waals surface area contributed by atoms with Gasteiger partial charge in [-0.25, -0.2) is 4.79 Å². The Hall–Kier alpha value is -1.56. The fraction of sp³-hybridized carbons (Fsp3) is 0.733. The van der Waals surface area contributed by atoms with E-state index in [1.54, 1.807) is 17.0 Å². The van der Waals surface area contributed by atoms with E-state index in [1.807, 2.05) is 0 Å². The first-order valence-electron chi connectivity index (χ1n) is 8.00. The van der Waals surface area contributed by atoms with E-state index in [4.69, 9.17) is 0 Å². The molecule has 0 aromatic carbocycles.